The van der Waals surface area contributed by atoms with E-state index >= 15 is 0 Å². The van der Waals surface area contributed by atoms with Gasteiger partial charge in [-0.1, -0.05) is 29.8 Å². The van der Waals surface area contributed by atoms with Gasteiger partial charge in [-0.25, -0.2) is 0 Å². The second kappa shape index (κ2) is 7.70. The van der Waals surface area contributed by atoms with Crippen molar-refractivity contribution in [2.24, 2.45) is 0 Å². The lowest BCUT2D eigenvalue weighted by Gasteiger charge is -2.36. The molecule has 2 aromatic rings. The molecule has 0 aliphatic carbocycles. The van der Waals surface area contributed by atoms with Gasteiger partial charge < -0.3 is 15.1 Å². The first-order valence-electron chi connectivity index (χ1n) is 9.98. The SMILES string of the molecule is Cc1ccc(NC(=O)c2ccc(CN3CC(=O)N4CCC[C@H]4C3=O)cc2)c(C)c1. The van der Waals surface area contributed by atoms with Crippen LogP contribution in [-0.4, -0.2) is 46.7 Å². The van der Waals surface area contributed by atoms with E-state index in [4.69, 9.17) is 0 Å². The van der Waals surface area contributed by atoms with Crippen LogP contribution < -0.4 is 5.32 Å². The lowest BCUT2D eigenvalue weighted by Crippen LogP contribution is -2.56. The molecule has 0 unspecified atom stereocenters. The van der Waals surface area contributed by atoms with Crippen LogP contribution in [-0.2, 0) is 16.1 Å². The summed E-state index contributed by atoms with van der Waals surface area (Å²) in [5, 5.41) is 2.94. The van der Waals surface area contributed by atoms with Crippen molar-refractivity contribution in [1.29, 1.82) is 0 Å². The van der Waals surface area contributed by atoms with Gasteiger partial charge in [-0.05, 0) is 56.0 Å². The summed E-state index contributed by atoms with van der Waals surface area (Å²) in [6, 6.07) is 12.8. The molecule has 0 saturated carbocycles. The van der Waals surface area contributed by atoms with E-state index in [1.807, 2.05) is 44.2 Å². The van der Waals surface area contributed by atoms with Gasteiger partial charge in [0.25, 0.3) is 5.91 Å². The van der Waals surface area contributed by atoms with Gasteiger partial charge in [-0.3, -0.25) is 14.4 Å². The largest absolute Gasteiger partial charge is 0.329 e. The summed E-state index contributed by atoms with van der Waals surface area (Å²) in [4.78, 5) is 40.8. The Morgan fingerprint density at radius 1 is 1.10 bits per heavy atom. The fourth-order valence-corrected chi connectivity index (χ4v) is 4.13. The number of fused-ring (bicyclic) bond motifs is 1. The Labute approximate surface area is 170 Å². The third-order valence-corrected chi connectivity index (χ3v) is 5.72. The van der Waals surface area contributed by atoms with Gasteiger partial charge in [0.2, 0.25) is 11.8 Å². The van der Waals surface area contributed by atoms with Gasteiger partial charge in [0.1, 0.15) is 12.6 Å². The molecule has 2 aromatic carbocycles. The van der Waals surface area contributed by atoms with Crippen molar-refractivity contribution < 1.29 is 14.4 Å². The van der Waals surface area contributed by atoms with Gasteiger partial charge in [0.05, 0.1) is 0 Å². The Kier molecular flexibility index (Phi) is 5.09. The number of amides is 3. The minimum atomic E-state index is -0.293. The average molecular weight is 391 g/mol. The van der Waals surface area contributed by atoms with Gasteiger partial charge in [0.15, 0.2) is 0 Å². The summed E-state index contributed by atoms with van der Waals surface area (Å²) in [5.74, 6) is -0.121. The number of nitrogens with one attached hydrogen (secondary N) is 1. The van der Waals surface area contributed by atoms with Crippen molar-refractivity contribution in [2.75, 3.05) is 18.4 Å². The summed E-state index contributed by atoms with van der Waals surface area (Å²) in [6.07, 6.45) is 1.64. The van der Waals surface area contributed by atoms with Crippen molar-refractivity contribution in [2.45, 2.75) is 39.3 Å². The number of piperazine rings is 1. The van der Waals surface area contributed by atoms with Crippen LogP contribution in [0.3, 0.4) is 0 Å². The summed E-state index contributed by atoms with van der Waals surface area (Å²) >= 11 is 0. The Morgan fingerprint density at radius 2 is 1.86 bits per heavy atom. The van der Waals surface area contributed by atoms with Crippen LogP contribution in [0.15, 0.2) is 42.5 Å². The predicted molar refractivity (Wildman–Crippen MR) is 110 cm³/mol. The summed E-state index contributed by atoms with van der Waals surface area (Å²) in [5.41, 5.74) is 4.42. The number of benzene rings is 2. The Balaban J connectivity index is 1.42. The number of aryl methyl sites for hydroxylation is 2. The maximum Gasteiger partial charge on any atom is 0.255 e. The maximum atomic E-state index is 12.7. The Hall–Kier alpha value is -3.15. The van der Waals surface area contributed by atoms with Crippen LogP contribution >= 0.6 is 0 Å². The molecule has 4 rings (SSSR count). The minimum Gasteiger partial charge on any atom is -0.329 e. The van der Waals surface area contributed by atoms with E-state index in [9.17, 15) is 14.4 Å². The van der Waals surface area contributed by atoms with Crippen LogP contribution in [0, 0.1) is 13.8 Å². The number of hydrogen-bond acceptors (Lipinski definition) is 3. The third-order valence-electron chi connectivity index (χ3n) is 5.72. The van der Waals surface area contributed by atoms with Crippen LogP contribution in [0.4, 0.5) is 5.69 Å². The molecule has 2 aliphatic heterocycles. The molecule has 29 heavy (non-hydrogen) atoms. The molecule has 0 bridgehead atoms. The monoisotopic (exact) mass is 391 g/mol. The zero-order valence-corrected chi connectivity index (χ0v) is 16.8. The average Bonchev–Trinajstić information content (AvgIpc) is 3.19. The topological polar surface area (TPSA) is 69.7 Å². The molecule has 2 fully saturated rings. The van der Waals surface area contributed by atoms with E-state index in [1.54, 1.807) is 21.9 Å². The van der Waals surface area contributed by atoms with Crippen LogP contribution in [0.25, 0.3) is 0 Å². The van der Waals surface area contributed by atoms with E-state index in [-0.39, 0.29) is 30.3 Å². The van der Waals surface area contributed by atoms with Crippen molar-refractivity contribution in [3.05, 3.63) is 64.7 Å². The standard InChI is InChI=1S/C23H25N3O3/c1-15-5-10-19(16(2)12-15)24-22(28)18-8-6-17(7-9-18)13-25-14-21(27)26-11-3-4-20(26)23(25)29/h5-10,12,20H,3-4,11,13-14H2,1-2H3,(H,24,28)/t20-/m0/s1. The lowest BCUT2D eigenvalue weighted by molar-refractivity contribution is -0.154. The molecule has 3 amide bonds. The number of nitrogens with zero attached hydrogens (tertiary/aromatic N) is 2. The van der Waals surface area contributed by atoms with Crippen molar-refractivity contribution >= 4 is 23.4 Å². The van der Waals surface area contributed by atoms with Crippen LogP contribution in [0.1, 0.15) is 39.9 Å². The summed E-state index contributed by atoms with van der Waals surface area (Å²) in [6.45, 7) is 5.18. The Bertz CT molecular complexity index is 968. The zero-order chi connectivity index (χ0) is 20.5. The van der Waals surface area contributed by atoms with Crippen LogP contribution in [0.5, 0.6) is 0 Å². The molecule has 2 aliphatic rings. The van der Waals surface area contributed by atoms with E-state index < -0.39 is 0 Å². The summed E-state index contributed by atoms with van der Waals surface area (Å²) in [7, 11) is 0. The van der Waals surface area contributed by atoms with E-state index in [0.29, 0.717) is 18.7 Å². The molecule has 2 heterocycles. The number of rotatable bonds is 4. The van der Waals surface area contributed by atoms with Crippen molar-refractivity contribution in [1.82, 2.24) is 9.80 Å². The first kappa shape index (κ1) is 19.2. The van der Waals surface area contributed by atoms with Crippen molar-refractivity contribution in [3.8, 4) is 0 Å². The second-order valence-corrected chi connectivity index (χ2v) is 7.91. The van der Waals surface area contributed by atoms with E-state index in [0.717, 1.165) is 35.2 Å². The molecule has 0 aromatic heterocycles. The minimum absolute atomic E-state index is 0.0246. The number of carbonyl (C=O) groups is 3. The number of hydrogen-bond donors (Lipinski definition) is 1. The summed E-state index contributed by atoms with van der Waals surface area (Å²) < 4.78 is 0. The number of carbonyl (C=O) groups excluding carboxylic acids is 3. The molecule has 1 N–H and O–H groups in total. The first-order chi connectivity index (χ1) is 13.9. The quantitative estimate of drug-likeness (QED) is 0.871. The highest BCUT2D eigenvalue weighted by Gasteiger charge is 2.41. The normalized spacial score (nSPS) is 18.8. The fraction of sp³-hybridized carbons (Fsp3) is 0.348. The van der Waals surface area contributed by atoms with Gasteiger partial charge >= 0.3 is 0 Å². The molecule has 0 radical (unpaired) electrons. The van der Waals surface area contributed by atoms with E-state index in [1.165, 1.54) is 0 Å². The molecule has 2 saturated heterocycles. The Morgan fingerprint density at radius 3 is 2.59 bits per heavy atom. The van der Waals surface area contributed by atoms with Gasteiger partial charge in [-0.15, -0.1) is 0 Å². The predicted octanol–water partition coefficient (Wildman–Crippen LogP) is 2.89. The molecule has 1 atom stereocenters. The molecule has 150 valence electrons. The second-order valence-electron chi connectivity index (χ2n) is 7.91. The highest BCUT2D eigenvalue weighted by atomic mass is 16.2. The third kappa shape index (κ3) is 3.88. The maximum absolute atomic E-state index is 12.7. The van der Waals surface area contributed by atoms with Crippen LogP contribution in [0.2, 0.25) is 0 Å². The highest BCUT2D eigenvalue weighted by molar-refractivity contribution is 6.04. The van der Waals surface area contributed by atoms with E-state index in [2.05, 4.69) is 5.32 Å². The number of anilines is 1. The molecular formula is C23H25N3O3. The van der Waals surface area contributed by atoms with Gasteiger partial charge in [-0.2, -0.15) is 0 Å². The molecule has 6 heteroatoms. The van der Waals surface area contributed by atoms with Gasteiger partial charge in [0, 0.05) is 24.3 Å². The highest BCUT2D eigenvalue weighted by Crippen LogP contribution is 2.25. The molecule has 0 spiro atoms. The molecular weight excluding hydrogens is 366 g/mol. The fourth-order valence-electron chi connectivity index (χ4n) is 4.13. The first-order valence-corrected chi connectivity index (χ1v) is 9.98. The van der Waals surface area contributed by atoms with Crippen molar-refractivity contribution in [3.63, 3.8) is 0 Å². The zero-order valence-electron chi connectivity index (χ0n) is 16.8. The molecule has 6 nitrogen and oxygen atoms in total. The lowest BCUT2D eigenvalue weighted by atomic mass is 10.1. The smallest absolute Gasteiger partial charge is 0.255 e.